The molecule has 0 aromatic carbocycles. The lowest BCUT2D eigenvalue weighted by atomic mass is 10.1. The van der Waals surface area contributed by atoms with Gasteiger partial charge in [0, 0.05) is 19.6 Å². The zero-order valence-corrected chi connectivity index (χ0v) is 12.6. The summed E-state index contributed by atoms with van der Waals surface area (Å²) in [6.07, 6.45) is 3.40. The van der Waals surface area contributed by atoms with E-state index in [4.69, 9.17) is 5.73 Å². The van der Waals surface area contributed by atoms with Crippen LogP contribution in [0.25, 0.3) is 0 Å². The Morgan fingerprint density at radius 1 is 1.58 bits per heavy atom. The average Bonchev–Trinajstić information content (AvgIpc) is 3.02. The molecule has 1 unspecified atom stereocenters. The summed E-state index contributed by atoms with van der Waals surface area (Å²) in [5.41, 5.74) is 6.58. The number of hydrogen-bond acceptors (Lipinski definition) is 4. The lowest BCUT2D eigenvalue weighted by molar-refractivity contribution is 0.0958. The van der Waals surface area contributed by atoms with E-state index in [1.165, 1.54) is 24.2 Å². The first-order valence-corrected chi connectivity index (χ1v) is 7.89. The average molecular weight is 281 g/mol. The molecule has 1 aromatic heterocycles. The molecule has 1 atom stereocenters. The van der Waals surface area contributed by atoms with Crippen LogP contribution < -0.4 is 16.0 Å². The van der Waals surface area contributed by atoms with Crippen molar-refractivity contribution in [3.05, 3.63) is 10.9 Å². The maximum Gasteiger partial charge on any atom is 0.263 e. The Morgan fingerprint density at radius 3 is 3.00 bits per heavy atom. The van der Waals surface area contributed by atoms with Crippen LogP contribution >= 0.6 is 11.3 Å². The van der Waals surface area contributed by atoms with Crippen molar-refractivity contribution in [2.45, 2.75) is 33.1 Å². The van der Waals surface area contributed by atoms with Crippen molar-refractivity contribution in [2.75, 3.05) is 30.3 Å². The highest BCUT2D eigenvalue weighted by Crippen LogP contribution is 2.35. The van der Waals surface area contributed by atoms with Gasteiger partial charge in [0.1, 0.15) is 4.88 Å². The molecule has 0 spiro atoms. The van der Waals surface area contributed by atoms with Gasteiger partial charge in [-0.15, -0.1) is 11.3 Å². The van der Waals surface area contributed by atoms with Crippen molar-refractivity contribution < 1.29 is 4.79 Å². The van der Waals surface area contributed by atoms with Gasteiger partial charge in [0.15, 0.2) is 0 Å². The highest BCUT2D eigenvalue weighted by atomic mass is 32.1. The number of anilines is 2. The molecule has 0 bridgehead atoms. The van der Waals surface area contributed by atoms with Crippen molar-refractivity contribution in [1.29, 1.82) is 0 Å². The maximum absolute atomic E-state index is 12.0. The van der Waals surface area contributed by atoms with E-state index < -0.39 is 0 Å². The second kappa shape index (κ2) is 6.28. The Morgan fingerprint density at radius 2 is 2.37 bits per heavy atom. The first-order valence-electron chi connectivity index (χ1n) is 7.08. The molecule has 3 N–H and O–H groups in total. The van der Waals surface area contributed by atoms with Gasteiger partial charge in [-0.05, 0) is 24.8 Å². The highest BCUT2D eigenvalue weighted by Gasteiger charge is 2.24. The summed E-state index contributed by atoms with van der Waals surface area (Å²) in [5.74, 6) is 0.738. The van der Waals surface area contributed by atoms with Crippen molar-refractivity contribution >= 4 is 27.9 Å². The summed E-state index contributed by atoms with van der Waals surface area (Å²) in [6.45, 7) is 7.15. The van der Waals surface area contributed by atoms with E-state index >= 15 is 0 Å². The fourth-order valence-electron chi connectivity index (χ4n) is 2.41. The predicted molar refractivity (Wildman–Crippen MR) is 82.0 cm³/mol. The smallest absolute Gasteiger partial charge is 0.263 e. The second-order valence-electron chi connectivity index (χ2n) is 5.13. The summed E-state index contributed by atoms with van der Waals surface area (Å²) >= 11 is 1.52. The molecule has 5 heteroatoms. The number of amides is 1. The summed E-state index contributed by atoms with van der Waals surface area (Å²) in [4.78, 5) is 15.0. The van der Waals surface area contributed by atoms with Gasteiger partial charge in [0.25, 0.3) is 5.91 Å². The maximum atomic E-state index is 12.0. The predicted octanol–water partition coefficient (Wildman–Crippen LogP) is 2.71. The molecule has 2 heterocycles. The molecule has 1 aliphatic heterocycles. The first kappa shape index (κ1) is 14.2. The largest absolute Gasteiger partial charge is 0.397 e. The van der Waals surface area contributed by atoms with Crippen LogP contribution in [-0.2, 0) is 0 Å². The van der Waals surface area contributed by atoms with Crippen LogP contribution in [-0.4, -0.2) is 25.5 Å². The van der Waals surface area contributed by atoms with Gasteiger partial charge in [0.2, 0.25) is 0 Å². The van der Waals surface area contributed by atoms with Gasteiger partial charge in [-0.3, -0.25) is 4.79 Å². The standard InChI is InChI=1S/C14H23N3OS/c1-3-6-16-14(18)13-11(15)8-12(19-13)17-7-5-10(4-2)9-17/h8,10H,3-7,9,15H2,1-2H3,(H,16,18). The van der Waals surface area contributed by atoms with Crippen LogP contribution in [0.2, 0.25) is 0 Å². The molecular formula is C14H23N3OS. The molecule has 19 heavy (non-hydrogen) atoms. The zero-order valence-electron chi connectivity index (χ0n) is 11.7. The first-order chi connectivity index (χ1) is 9.15. The number of nitrogens with two attached hydrogens (primary N) is 1. The minimum absolute atomic E-state index is 0.0400. The molecule has 0 saturated carbocycles. The summed E-state index contributed by atoms with van der Waals surface area (Å²) in [7, 11) is 0. The van der Waals surface area contributed by atoms with E-state index in [1.54, 1.807) is 0 Å². The molecule has 0 radical (unpaired) electrons. The normalized spacial score (nSPS) is 18.8. The minimum atomic E-state index is -0.0400. The van der Waals surface area contributed by atoms with Crippen LogP contribution in [0, 0.1) is 5.92 Å². The molecule has 1 aliphatic rings. The van der Waals surface area contributed by atoms with E-state index in [0.717, 1.165) is 30.4 Å². The fourth-order valence-corrected chi connectivity index (χ4v) is 3.44. The Bertz CT molecular complexity index is 444. The van der Waals surface area contributed by atoms with Crippen molar-refractivity contribution in [1.82, 2.24) is 5.32 Å². The second-order valence-corrected chi connectivity index (χ2v) is 6.16. The van der Waals surface area contributed by atoms with Gasteiger partial charge >= 0.3 is 0 Å². The van der Waals surface area contributed by atoms with Crippen molar-refractivity contribution in [2.24, 2.45) is 5.92 Å². The molecule has 106 valence electrons. The third kappa shape index (κ3) is 3.21. The van der Waals surface area contributed by atoms with Gasteiger partial charge in [0.05, 0.1) is 10.7 Å². The highest BCUT2D eigenvalue weighted by molar-refractivity contribution is 7.18. The topological polar surface area (TPSA) is 58.4 Å². The lowest BCUT2D eigenvalue weighted by Gasteiger charge is -2.15. The quantitative estimate of drug-likeness (QED) is 0.872. The monoisotopic (exact) mass is 281 g/mol. The summed E-state index contributed by atoms with van der Waals surface area (Å²) in [5, 5.41) is 4.02. The van der Waals surface area contributed by atoms with E-state index in [1.807, 2.05) is 13.0 Å². The molecule has 1 aromatic rings. The molecule has 1 amide bonds. The molecule has 2 rings (SSSR count). The third-order valence-corrected chi connectivity index (χ3v) is 4.87. The molecule has 1 fully saturated rings. The number of carbonyl (C=O) groups is 1. The van der Waals surface area contributed by atoms with Gasteiger partial charge < -0.3 is 16.0 Å². The number of nitrogen functional groups attached to an aromatic ring is 1. The van der Waals surface area contributed by atoms with Gasteiger partial charge in [-0.25, -0.2) is 0 Å². The molecule has 4 nitrogen and oxygen atoms in total. The van der Waals surface area contributed by atoms with E-state index in [-0.39, 0.29) is 5.91 Å². The summed E-state index contributed by atoms with van der Waals surface area (Å²) < 4.78 is 0. The summed E-state index contributed by atoms with van der Waals surface area (Å²) in [6, 6.07) is 1.95. The Kier molecular flexibility index (Phi) is 4.69. The Balaban J connectivity index is 2.06. The Hall–Kier alpha value is -1.23. The minimum Gasteiger partial charge on any atom is -0.397 e. The van der Waals surface area contributed by atoms with E-state index in [0.29, 0.717) is 17.1 Å². The van der Waals surface area contributed by atoms with Crippen molar-refractivity contribution in [3.63, 3.8) is 0 Å². The molecular weight excluding hydrogens is 258 g/mol. The van der Waals surface area contributed by atoms with Gasteiger partial charge in [-0.1, -0.05) is 20.3 Å². The van der Waals surface area contributed by atoms with Gasteiger partial charge in [-0.2, -0.15) is 0 Å². The fraction of sp³-hybridized carbons (Fsp3) is 0.643. The zero-order chi connectivity index (χ0) is 13.8. The van der Waals surface area contributed by atoms with Crippen LogP contribution in [0.1, 0.15) is 42.8 Å². The number of nitrogens with one attached hydrogen (secondary N) is 1. The number of carbonyl (C=O) groups excluding carboxylic acids is 1. The van der Waals surface area contributed by atoms with Crippen LogP contribution in [0.3, 0.4) is 0 Å². The van der Waals surface area contributed by atoms with E-state index in [9.17, 15) is 4.79 Å². The number of thiophene rings is 1. The van der Waals surface area contributed by atoms with Crippen molar-refractivity contribution in [3.8, 4) is 0 Å². The van der Waals surface area contributed by atoms with Crippen LogP contribution in [0.4, 0.5) is 10.7 Å². The third-order valence-electron chi connectivity index (χ3n) is 3.66. The lowest BCUT2D eigenvalue weighted by Crippen LogP contribution is -2.23. The number of rotatable bonds is 5. The van der Waals surface area contributed by atoms with E-state index in [2.05, 4.69) is 17.1 Å². The Labute approximate surface area is 119 Å². The number of hydrogen-bond donors (Lipinski definition) is 2. The van der Waals surface area contributed by atoms with Crippen LogP contribution in [0.5, 0.6) is 0 Å². The number of nitrogens with zero attached hydrogens (tertiary/aromatic N) is 1. The van der Waals surface area contributed by atoms with Crippen LogP contribution in [0.15, 0.2) is 6.07 Å². The molecule has 1 saturated heterocycles. The molecule has 0 aliphatic carbocycles. The SMILES string of the molecule is CCCNC(=O)c1sc(N2CCC(CC)C2)cc1N.